The van der Waals surface area contributed by atoms with Gasteiger partial charge in [-0.2, -0.15) is 0 Å². The van der Waals surface area contributed by atoms with Gasteiger partial charge in [-0.05, 0) is 54.4 Å². The van der Waals surface area contributed by atoms with Gasteiger partial charge in [0.15, 0.2) is 0 Å². The first-order valence-electron chi connectivity index (χ1n) is 13.0. The highest BCUT2D eigenvalue weighted by molar-refractivity contribution is 6.13. The second kappa shape index (κ2) is 11.4. The molecule has 1 aliphatic rings. The number of nitrogens with one attached hydrogen (secondary N) is 3. The van der Waals surface area contributed by atoms with Crippen LogP contribution in [0.25, 0.3) is 10.8 Å². The molecule has 0 spiro atoms. The molecule has 202 valence electrons. The minimum atomic E-state index is -0.656. The molecule has 3 N–H and O–H groups in total. The summed E-state index contributed by atoms with van der Waals surface area (Å²) in [4.78, 5) is 28.1. The van der Waals surface area contributed by atoms with Crippen LogP contribution in [0.1, 0.15) is 25.3 Å². The van der Waals surface area contributed by atoms with E-state index in [0.717, 1.165) is 16.3 Å². The number of carbonyl (C=O) groups is 2. The molecule has 0 atom stereocenters. The molecule has 1 aliphatic heterocycles. The molecule has 0 bridgehead atoms. The maximum Gasteiger partial charge on any atom is 0.254 e. The zero-order valence-corrected chi connectivity index (χ0v) is 22.9. The van der Waals surface area contributed by atoms with Gasteiger partial charge >= 0.3 is 0 Å². The highest BCUT2D eigenvalue weighted by atomic mass is 16.5. The molecule has 7 nitrogen and oxygen atoms in total. The second-order valence-corrected chi connectivity index (χ2v) is 9.51. The first-order valence-corrected chi connectivity index (χ1v) is 13.0. The highest BCUT2D eigenvalue weighted by Crippen LogP contribution is 2.42. The average Bonchev–Trinajstić information content (AvgIpc) is 2.96. The number of amides is 2. The maximum atomic E-state index is 14.1. The molecule has 40 heavy (non-hydrogen) atoms. The quantitative estimate of drug-likeness (QED) is 0.257. The van der Waals surface area contributed by atoms with Crippen LogP contribution in [-0.4, -0.2) is 26.0 Å². The summed E-state index contributed by atoms with van der Waals surface area (Å²) in [6.45, 7) is 3.71. The molecular weight excluding hydrogens is 502 g/mol. The fraction of sp³-hybridized carbons (Fsp3) is 0.152. The van der Waals surface area contributed by atoms with Gasteiger partial charge in [0.2, 0.25) is 0 Å². The molecule has 0 aliphatic carbocycles. The van der Waals surface area contributed by atoms with Crippen LogP contribution in [0, 0.1) is 0 Å². The van der Waals surface area contributed by atoms with Gasteiger partial charge < -0.3 is 25.4 Å². The van der Waals surface area contributed by atoms with Crippen LogP contribution in [0.15, 0.2) is 114 Å². The lowest BCUT2D eigenvalue weighted by Crippen LogP contribution is -2.35. The third kappa shape index (κ3) is 5.01. The van der Waals surface area contributed by atoms with Gasteiger partial charge in [-0.1, -0.05) is 66.7 Å². The summed E-state index contributed by atoms with van der Waals surface area (Å²) in [6, 6.07) is 28.4. The van der Waals surface area contributed by atoms with E-state index in [1.54, 1.807) is 38.5 Å². The Morgan fingerprint density at radius 2 is 1.12 bits per heavy atom. The van der Waals surface area contributed by atoms with E-state index in [9.17, 15) is 9.59 Å². The largest absolute Gasteiger partial charge is 0.495 e. The molecule has 0 saturated heterocycles. The van der Waals surface area contributed by atoms with Crippen molar-refractivity contribution in [1.29, 1.82) is 0 Å². The van der Waals surface area contributed by atoms with Crippen molar-refractivity contribution in [3.63, 3.8) is 0 Å². The van der Waals surface area contributed by atoms with Gasteiger partial charge in [-0.3, -0.25) is 9.59 Å². The van der Waals surface area contributed by atoms with Crippen LogP contribution >= 0.6 is 0 Å². The molecule has 0 radical (unpaired) electrons. The van der Waals surface area contributed by atoms with Crippen molar-refractivity contribution in [2.75, 3.05) is 24.9 Å². The number of methoxy groups -OCH3 is 2. The van der Waals surface area contributed by atoms with Gasteiger partial charge in [0.05, 0.1) is 25.6 Å². The van der Waals surface area contributed by atoms with Gasteiger partial charge in [-0.25, -0.2) is 0 Å². The molecule has 0 saturated carbocycles. The zero-order chi connectivity index (χ0) is 28.2. The van der Waals surface area contributed by atoms with Crippen LogP contribution in [0.2, 0.25) is 0 Å². The molecule has 7 heteroatoms. The van der Waals surface area contributed by atoms with Gasteiger partial charge in [0.25, 0.3) is 11.8 Å². The number of hydrogen-bond acceptors (Lipinski definition) is 5. The monoisotopic (exact) mass is 533 g/mol. The Hall–Kier alpha value is -5.04. The number of allylic oxidation sites excluding steroid dienone is 2. The fourth-order valence-corrected chi connectivity index (χ4v) is 5.28. The number of ether oxygens (including phenoxy) is 2. The van der Waals surface area contributed by atoms with Crippen molar-refractivity contribution < 1.29 is 19.1 Å². The summed E-state index contributed by atoms with van der Waals surface area (Å²) < 4.78 is 10.9. The maximum absolute atomic E-state index is 14.1. The molecular formula is C33H31N3O4. The zero-order valence-electron chi connectivity index (χ0n) is 22.9. The van der Waals surface area contributed by atoms with E-state index in [1.807, 2.05) is 80.6 Å². The van der Waals surface area contributed by atoms with Crippen molar-refractivity contribution in [2.24, 2.45) is 0 Å². The third-order valence-corrected chi connectivity index (χ3v) is 7.09. The lowest BCUT2D eigenvalue weighted by Gasteiger charge is -2.32. The number of benzene rings is 4. The standard InChI is InChI=1S/C33H31N3O4/c1-20-29(32(37)35-25-16-7-9-18-27(25)39-3)31(24-15-11-13-22-12-5-6-14-23(22)24)30(21(2)34-20)33(38)36-26-17-8-10-19-28(26)40-4/h5-19,31,34H,1-4H3,(H,35,37)(H,36,38). The predicted octanol–water partition coefficient (Wildman–Crippen LogP) is 6.37. The van der Waals surface area contributed by atoms with Crippen molar-refractivity contribution in [3.8, 4) is 11.5 Å². The molecule has 0 aromatic heterocycles. The smallest absolute Gasteiger partial charge is 0.254 e. The summed E-state index contributed by atoms with van der Waals surface area (Å²) in [7, 11) is 3.12. The predicted molar refractivity (Wildman–Crippen MR) is 158 cm³/mol. The van der Waals surface area contributed by atoms with E-state index < -0.39 is 5.92 Å². The molecule has 0 unspecified atom stereocenters. The van der Waals surface area contributed by atoms with E-state index >= 15 is 0 Å². The average molecular weight is 534 g/mol. The number of rotatable bonds is 7. The fourth-order valence-electron chi connectivity index (χ4n) is 5.28. The Morgan fingerprint density at radius 3 is 1.68 bits per heavy atom. The lowest BCUT2D eigenvalue weighted by atomic mass is 9.78. The summed E-state index contributed by atoms with van der Waals surface area (Å²) >= 11 is 0. The van der Waals surface area contributed by atoms with E-state index in [0.29, 0.717) is 45.4 Å². The first kappa shape index (κ1) is 26.6. The SMILES string of the molecule is COc1ccccc1NC(=O)C1=C(C)NC(C)=C(C(=O)Nc2ccccc2OC)C1c1cccc2ccccc12. The Labute approximate surface area is 233 Å². The van der Waals surface area contributed by atoms with Gasteiger partial charge in [-0.15, -0.1) is 0 Å². The van der Waals surface area contributed by atoms with Crippen LogP contribution < -0.4 is 25.4 Å². The van der Waals surface area contributed by atoms with Crippen molar-refractivity contribution >= 4 is 34.0 Å². The molecule has 0 fully saturated rings. The molecule has 2 amide bonds. The minimum Gasteiger partial charge on any atom is -0.495 e. The normalized spacial score (nSPS) is 13.6. The van der Waals surface area contributed by atoms with Gasteiger partial charge in [0.1, 0.15) is 11.5 Å². The highest BCUT2D eigenvalue weighted by Gasteiger charge is 2.37. The Morgan fingerprint density at radius 1 is 0.650 bits per heavy atom. The summed E-state index contributed by atoms with van der Waals surface area (Å²) in [5.41, 5.74) is 4.15. The first-order chi connectivity index (χ1) is 19.4. The Bertz CT molecular complexity index is 1580. The number of dihydropyridines is 1. The molecule has 4 aromatic rings. The van der Waals surface area contributed by atoms with E-state index in [1.165, 1.54) is 0 Å². The summed E-state index contributed by atoms with van der Waals surface area (Å²) in [5.74, 6) is -0.234. The lowest BCUT2D eigenvalue weighted by molar-refractivity contribution is -0.113. The second-order valence-electron chi connectivity index (χ2n) is 9.51. The van der Waals surface area contributed by atoms with Crippen molar-refractivity contribution in [2.45, 2.75) is 19.8 Å². The van der Waals surface area contributed by atoms with E-state index in [-0.39, 0.29) is 11.8 Å². The molecule has 1 heterocycles. The number of anilines is 2. The van der Waals surface area contributed by atoms with Gasteiger partial charge in [0, 0.05) is 28.5 Å². The van der Waals surface area contributed by atoms with E-state index in [4.69, 9.17) is 9.47 Å². The Kier molecular flexibility index (Phi) is 7.55. The number of hydrogen-bond donors (Lipinski definition) is 3. The minimum absolute atomic E-state index is 0.331. The van der Waals surface area contributed by atoms with Crippen LogP contribution in [0.4, 0.5) is 11.4 Å². The topological polar surface area (TPSA) is 88.7 Å². The number of fused-ring (bicyclic) bond motifs is 1. The number of para-hydroxylation sites is 4. The van der Waals surface area contributed by atoms with Crippen LogP contribution in [0.5, 0.6) is 11.5 Å². The van der Waals surface area contributed by atoms with Crippen molar-refractivity contribution in [3.05, 3.63) is 119 Å². The third-order valence-electron chi connectivity index (χ3n) is 7.09. The molecule has 5 rings (SSSR count). The Balaban J connectivity index is 1.65. The van der Waals surface area contributed by atoms with Crippen LogP contribution in [-0.2, 0) is 9.59 Å². The van der Waals surface area contributed by atoms with Crippen LogP contribution in [0.3, 0.4) is 0 Å². The van der Waals surface area contributed by atoms with Crippen molar-refractivity contribution in [1.82, 2.24) is 5.32 Å². The molecule has 4 aromatic carbocycles. The summed E-state index contributed by atoms with van der Waals surface area (Å²) in [5, 5.41) is 11.3. The summed E-state index contributed by atoms with van der Waals surface area (Å²) in [6.07, 6.45) is 0. The number of carbonyl (C=O) groups excluding carboxylic acids is 2. The van der Waals surface area contributed by atoms with E-state index in [2.05, 4.69) is 16.0 Å².